The van der Waals surface area contributed by atoms with Crippen molar-refractivity contribution in [3.63, 3.8) is 0 Å². The van der Waals surface area contributed by atoms with E-state index in [4.69, 9.17) is 4.74 Å². The lowest BCUT2D eigenvalue weighted by molar-refractivity contribution is 0.340. The van der Waals surface area contributed by atoms with Gasteiger partial charge in [-0.25, -0.2) is 9.49 Å². The van der Waals surface area contributed by atoms with Crippen molar-refractivity contribution in [1.82, 2.24) is 30.4 Å². The van der Waals surface area contributed by atoms with Crippen LogP contribution in [-0.2, 0) is 0 Å². The SMILES string of the molecule is CCOc1ccc(C2c3c(-c4ccc(F)cc4)n[nH]c(=O)c3Nc3nnnn32)cc1. The van der Waals surface area contributed by atoms with E-state index in [0.29, 0.717) is 35.1 Å². The highest BCUT2D eigenvalue weighted by molar-refractivity contribution is 5.75. The van der Waals surface area contributed by atoms with Crippen molar-refractivity contribution in [1.29, 1.82) is 0 Å². The third-order valence-corrected chi connectivity index (χ3v) is 4.89. The Morgan fingerprint density at radius 1 is 1.13 bits per heavy atom. The number of aromatic nitrogens is 6. The average molecular weight is 405 g/mol. The molecule has 1 unspecified atom stereocenters. The second kappa shape index (κ2) is 7.07. The molecular weight excluding hydrogens is 389 g/mol. The molecule has 2 aromatic carbocycles. The molecule has 30 heavy (non-hydrogen) atoms. The summed E-state index contributed by atoms with van der Waals surface area (Å²) in [5.74, 6) is 0.708. The van der Waals surface area contributed by atoms with Crippen molar-refractivity contribution in [2.45, 2.75) is 13.0 Å². The first-order chi connectivity index (χ1) is 14.7. The summed E-state index contributed by atoms with van der Waals surface area (Å²) in [4.78, 5) is 12.6. The van der Waals surface area contributed by atoms with E-state index in [1.165, 1.54) is 12.1 Å². The lowest BCUT2D eigenvalue weighted by Crippen LogP contribution is -2.29. The van der Waals surface area contributed by atoms with Crippen LogP contribution in [0.1, 0.15) is 24.1 Å². The molecule has 2 aromatic heterocycles. The van der Waals surface area contributed by atoms with Crippen LogP contribution in [0.3, 0.4) is 0 Å². The molecule has 0 aliphatic carbocycles. The van der Waals surface area contributed by atoms with Gasteiger partial charge in [-0.15, -0.1) is 0 Å². The number of benzene rings is 2. The Hall–Kier alpha value is -4.08. The molecule has 10 heteroatoms. The van der Waals surface area contributed by atoms with Crippen molar-refractivity contribution in [3.05, 3.63) is 75.8 Å². The molecule has 3 heterocycles. The molecule has 1 aliphatic heterocycles. The molecule has 150 valence electrons. The summed E-state index contributed by atoms with van der Waals surface area (Å²) in [6.45, 7) is 2.47. The fourth-order valence-electron chi connectivity index (χ4n) is 3.59. The molecule has 2 N–H and O–H groups in total. The predicted molar refractivity (Wildman–Crippen MR) is 106 cm³/mol. The molecule has 0 radical (unpaired) electrons. The van der Waals surface area contributed by atoms with Crippen molar-refractivity contribution in [2.75, 3.05) is 11.9 Å². The Labute approximate surface area is 169 Å². The van der Waals surface area contributed by atoms with Crippen LogP contribution in [0.4, 0.5) is 16.0 Å². The van der Waals surface area contributed by atoms with Crippen LogP contribution in [0.15, 0.2) is 53.3 Å². The van der Waals surface area contributed by atoms with Gasteiger partial charge < -0.3 is 10.1 Å². The Bertz CT molecular complexity index is 1270. The van der Waals surface area contributed by atoms with Crippen LogP contribution in [0.5, 0.6) is 5.75 Å². The van der Waals surface area contributed by atoms with Crippen LogP contribution in [0.25, 0.3) is 11.3 Å². The minimum atomic E-state index is -0.517. The number of fused-ring (bicyclic) bond motifs is 2. The number of tetrazole rings is 1. The number of H-pyrrole nitrogens is 1. The number of ether oxygens (including phenoxy) is 1. The van der Waals surface area contributed by atoms with Gasteiger partial charge in [0.15, 0.2) is 0 Å². The smallest absolute Gasteiger partial charge is 0.288 e. The zero-order chi connectivity index (χ0) is 20.7. The second-order valence-electron chi connectivity index (χ2n) is 6.67. The van der Waals surface area contributed by atoms with Gasteiger partial charge in [-0.2, -0.15) is 9.78 Å². The number of aromatic amines is 1. The molecular formula is C20H16FN7O2. The molecule has 0 spiro atoms. The van der Waals surface area contributed by atoms with E-state index in [2.05, 4.69) is 31.0 Å². The van der Waals surface area contributed by atoms with Gasteiger partial charge in [0, 0.05) is 11.1 Å². The lowest BCUT2D eigenvalue weighted by atomic mass is 9.92. The van der Waals surface area contributed by atoms with Crippen LogP contribution >= 0.6 is 0 Å². The van der Waals surface area contributed by atoms with Crippen LogP contribution < -0.4 is 15.6 Å². The zero-order valence-electron chi connectivity index (χ0n) is 15.8. The van der Waals surface area contributed by atoms with Gasteiger partial charge >= 0.3 is 0 Å². The van der Waals surface area contributed by atoms with E-state index in [9.17, 15) is 9.18 Å². The maximum Gasteiger partial charge on any atom is 0.288 e. The number of nitrogens with zero attached hydrogens (tertiary/aromatic N) is 5. The summed E-state index contributed by atoms with van der Waals surface area (Å²) in [6.07, 6.45) is 0. The Balaban J connectivity index is 1.74. The number of anilines is 2. The van der Waals surface area contributed by atoms with Crippen LogP contribution in [0, 0.1) is 5.82 Å². The molecule has 4 aromatic rings. The third kappa shape index (κ3) is 2.89. The molecule has 0 saturated carbocycles. The molecule has 1 atom stereocenters. The van der Waals surface area contributed by atoms with Gasteiger partial charge in [-0.3, -0.25) is 4.79 Å². The number of rotatable bonds is 4. The van der Waals surface area contributed by atoms with Gasteiger partial charge in [0.2, 0.25) is 5.95 Å². The first kappa shape index (κ1) is 18.0. The van der Waals surface area contributed by atoms with E-state index in [1.54, 1.807) is 16.8 Å². The summed E-state index contributed by atoms with van der Waals surface area (Å²) >= 11 is 0. The molecule has 0 fully saturated rings. The van der Waals surface area contributed by atoms with Gasteiger partial charge in [0.1, 0.15) is 23.3 Å². The molecule has 9 nitrogen and oxygen atoms in total. The summed E-state index contributed by atoms with van der Waals surface area (Å²) in [5, 5.41) is 21.6. The van der Waals surface area contributed by atoms with E-state index in [0.717, 1.165) is 11.3 Å². The molecule has 0 saturated heterocycles. The van der Waals surface area contributed by atoms with Crippen molar-refractivity contribution in [3.8, 4) is 17.0 Å². The highest BCUT2D eigenvalue weighted by atomic mass is 19.1. The zero-order valence-corrected chi connectivity index (χ0v) is 15.8. The lowest BCUT2D eigenvalue weighted by Gasteiger charge is -2.27. The van der Waals surface area contributed by atoms with E-state index in [-0.39, 0.29) is 5.82 Å². The maximum atomic E-state index is 13.5. The highest BCUT2D eigenvalue weighted by Gasteiger charge is 2.34. The van der Waals surface area contributed by atoms with E-state index in [1.807, 2.05) is 31.2 Å². The molecule has 0 amide bonds. The van der Waals surface area contributed by atoms with Crippen molar-refractivity contribution >= 4 is 11.6 Å². The van der Waals surface area contributed by atoms with E-state index >= 15 is 0 Å². The largest absolute Gasteiger partial charge is 0.494 e. The summed E-state index contributed by atoms with van der Waals surface area (Å²) < 4.78 is 20.6. The fraction of sp³-hybridized carbons (Fsp3) is 0.150. The Morgan fingerprint density at radius 2 is 1.90 bits per heavy atom. The van der Waals surface area contributed by atoms with Crippen LogP contribution in [0.2, 0.25) is 0 Å². The number of halogens is 1. The number of nitrogens with one attached hydrogen (secondary N) is 2. The van der Waals surface area contributed by atoms with E-state index < -0.39 is 11.6 Å². The second-order valence-corrected chi connectivity index (χ2v) is 6.67. The maximum absolute atomic E-state index is 13.5. The number of hydrogen-bond donors (Lipinski definition) is 2. The summed E-state index contributed by atoms with van der Waals surface area (Å²) in [7, 11) is 0. The molecule has 5 rings (SSSR count). The highest BCUT2D eigenvalue weighted by Crippen LogP contribution is 2.41. The minimum absolute atomic E-state index is 0.297. The summed E-state index contributed by atoms with van der Waals surface area (Å²) in [6, 6.07) is 12.9. The standard InChI is InChI=1S/C20H16FN7O2/c1-2-30-14-9-5-12(6-10-14)18-15-16(11-3-7-13(21)8-4-11)23-24-19(29)17(15)22-20-25-26-27-28(18)20/h3-10,18H,2H2,1H3,(H,24,29)(H,22,25,27). The normalized spacial score (nSPS) is 14.5. The first-order valence-corrected chi connectivity index (χ1v) is 9.32. The average Bonchev–Trinajstić information content (AvgIpc) is 3.23. The van der Waals surface area contributed by atoms with Gasteiger partial charge in [-0.05, 0) is 59.3 Å². The molecule has 1 aliphatic rings. The van der Waals surface area contributed by atoms with Gasteiger partial charge in [0.05, 0.1) is 12.3 Å². The third-order valence-electron chi connectivity index (χ3n) is 4.89. The van der Waals surface area contributed by atoms with Gasteiger partial charge in [-0.1, -0.05) is 17.2 Å². The Kier molecular flexibility index (Phi) is 4.24. The topological polar surface area (TPSA) is 111 Å². The quantitative estimate of drug-likeness (QED) is 0.473. The summed E-state index contributed by atoms with van der Waals surface area (Å²) in [5.41, 5.74) is 2.47. The first-order valence-electron chi connectivity index (χ1n) is 9.32. The van der Waals surface area contributed by atoms with Crippen molar-refractivity contribution in [2.24, 2.45) is 0 Å². The van der Waals surface area contributed by atoms with Gasteiger partial charge in [0.25, 0.3) is 5.56 Å². The van der Waals surface area contributed by atoms with Crippen molar-refractivity contribution < 1.29 is 9.13 Å². The number of hydrogen-bond acceptors (Lipinski definition) is 7. The van der Waals surface area contributed by atoms with Crippen LogP contribution in [-0.4, -0.2) is 37.0 Å². The fourth-order valence-corrected chi connectivity index (χ4v) is 3.59. The predicted octanol–water partition coefficient (Wildman–Crippen LogP) is 2.66. The molecule has 0 bridgehead atoms. The minimum Gasteiger partial charge on any atom is -0.494 e. The monoisotopic (exact) mass is 405 g/mol. The Morgan fingerprint density at radius 3 is 2.63 bits per heavy atom.